The standard InChI is InChI=1S/C16H24N2O5/c1-4-22-14(23-5-2)9-10-17-15(19)16(20)18-12-7-6-8-13(11-12)21-3/h6-8,11,14H,4-5,9-10H2,1-3H3,(H,17,19)(H,18,20). The van der Waals surface area contributed by atoms with E-state index in [1.54, 1.807) is 24.3 Å². The second kappa shape index (κ2) is 10.6. The van der Waals surface area contributed by atoms with Crippen LogP contribution >= 0.6 is 0 Å². The van der Waals surface area contributed by atoms with Crippen molar-refractivity contribution in [1.82, 2.24) is 5.32 Å². The number of ether oxygens (including phenoxy) is 3. The summed E-state index contributed by atoms with van der Waals surface area (Å²) in [5.41, 5.74) is 0.492. The lowest BCUT2D eigenvalue weighted by Crippen LogP contribution is -2.37. The highest BCUT2D eigenvalue weighted by Gasteiger charge is 2.15. The van der Waals surface area contributed by atoms with Crippen molar-refractivity contribution < 1.29 is 23.8 Å². The van der Waals surface area contributed by atoms with Crippen LogP contribution in [-0.4, -0.2) is 45.0 Å². The molecule has 0 aliphatic heterocycles. The van der Waals surface area contributed by atoms with Crippen LogP contribution in [0.4, 0.5) is 5.69 Å². The van der Waals surface area contributed by atoms with Gasteiger partial charge in [-0.25, -0.2) is 0 Å². The smallest absolute Gasteiger partial charge is 0.313 e. The summed E-state index contributed by atoms with van der Waals surface area (Å²) in [6.45, 7) is 5.07. The van der Waals surface area contributed by atoms with Gasteiger partial charge in [0.05, 0.1) is 7.11 Å². The van der Waals surface area contributed by atoms with Gasteiger partial charge in [-0.15, -0.1) is 0 Å². The molecule has 2 amide bonds. The Kier molecular flexibility index (Phi) is 8.71. The van der Waals surface area contributed by atoms with Gasteiger partial charge in [-0.05, 0) is 26.0 Å². The number of hydrogen-bond donors (Lipinski definition) is 2. The van der Waals surface area contributed by atoms with Gasteiger partial charge in [0.25, 0.3) is 0 Å². The normalized spacial score (nSPS) is 10.4. The summed E-state index contributed by atoms with van der Waals surface area (Å²) in [6, 6.07) is 6.78. The van der Waals surface area contributed by atoms with Gasteiger partial charge >= 0.3 is 11.8 Å². The number of anilines is 1. The predicted octanol–water partition coefficient (Wildman–Crippen LogP) is 1.54. The second-order valence-corrected chi connectivity index (χ2v) is 4.57. The van der Waals surface area contributed by atoms with E-state index in [0.29, 0.717) is 31.1 Å². The SMILES string of the molecule is CCOC(CCNC(=O)C(=O)Nc1cccc(OC)c1)OCC. The van der Waals surface area contributed by atoms with E-state index in [9.17, 15) is 9.59 Å². The molecule has 0 saturated carbocycles. The number of carbonyl (C=O) groups excluding carboxylic acids is 2. The van der Waals surface area contributed by atoms with Crippen LogP contribution in [0.2, 0.25) is 0 Å². The van der Waals surface area contributed by atoms with Crippen molar-refractivity contribution in [3.63, 3.8) is 0 Å². The van der Waals surface area contributed by atoms with E-state index in [1.165, 1.54) is 7.11 Å². The minimum atomic E-state index is -0.734. The summed E-state index contributed by atoms with van der Waals surface area (Å²) < 4.78 is 15.8. The number of amides is 2. The highest BCUT2D eigenvalue weighted by Crippen LogP contribution is 2.16. The Balaban J connectivity index is 2.40. The molecule has 0 aliphatic carbocycles. The minimum Gasteiger partial charge on any atom is -0.497 e. The van der Waals surface area contributed by atoms with Gasteiger partial charge in [-0.3, -0.25) is 9.59 Å². The lowest BCUT2D eigenvalue weighted by atomic mass is 10.3. The molecule has 0 fully saturated rings. The van der Waals surface area contributed by atoms with E-state index < -0.39 is 11.8 Å². The third-order valence-corrected chi connectivity index (χ3v) is 2.90. The molecule has 128 valence electrons. The fourth-order valence-electron chi connectivity index (χ4n) is 1.86. The third kappa shape index (κ3) is 7.12. The average Bonchev–Trinajstić information content (AvgIpc) is 2.55. The number of carbonyl (C=O) groups is 2. The van der Waals surface area contributed by atoms with Crippen LogP contribution < -0.4 is 15.4 Å². The summed E-state index contributed by atoms with van der Waals surface area (Å²) >= 11 is 0. The first-order chi connectivity index (χ1) is 11.1. The quantitative estimate of drug-likeness (QED) is 0.531. The highest BCUT2D eigenvalue weighted by atomic mass is 16.7. The lowest BCUT2D eigenvalue weighted by Gasteiger charge is -2.16. The first kappa shape index (κ1) is 18.9. The number of benzene rings is 1. The van der Waals surface area contributed by atoms with Crippen LogP contribution in [0.3, 0.4) is 0 Å². The zero-order chi connectivity index (χ0) is 17.1. The number of methoxy groups -OCH3 is 1. The molecule has 0 spiro atoms. The largest absolute Gasteiger partial charge is 0.497 e. The molecule has 1 aromatic rings. The van der Waals surface area contributed by atoms with Crippen LogP contribution in [0.1, 0.15) is 20.3 Å². The summed E-state index contributed by atoms with van der Waals surface area (Å²) in [6.07, 6.45) is 0.0894. The molecule has 7 heteroatoms. The van der Waals surface area contributed by atoms with E-state index in [2.05, 4.69) is 10.6 Å². The Morgan fingerprint density at radius 2 is 1.83 bits per heavy atom. The summed E-state index contributed by atoms with van der Waals surface area (Å²) in [5, 5.41) is 5.05. The monoisotopic (exact) mass is 324 g/mol. The minimum absolute atomic E-state index is 0.287. The van der Waals surface area contributed by atoms with Gasteiger partial charge < -0.3 is 24.8 Å². The van der Waals surface area contributed by atoms with Crippen molar-refractivity contribution in [2.75, 3.05) is 32.2 Å². The lowest BCUT2D eigenvalue weighted by molar-refractivity contribution is -0.142. The molecule has 23 heavy (non-hydrogen) atoms. The van der Waals surface area contributed by atoms with Crippen molar-refractivity contribution in [3.05, 3.63) is 24.3 Å². The maximum Gasteiger partial charge on any atom is 0.313 e. The number of nitrogens with one attached hydrogen (secondary N) is 2. The Labute approximate surface area is 136 Å². The van der Waals surface area contributed by atoms with E-state index in [1.807, 2.05) is 13.8 Å². The second-order valence-electron chi connectivity index (χ2n) is 4.57. The van der Waals surface area contributed by atoms with Crippen molar-refractivity contribution in [2.24, 2.45) is 0 Å². The van der Waals surface area contributed by atoms with Gasteiger partial charge in [0.15, 0.2) is 6.29 Å². The molecule has 1 rings (SSSR count). The van der Waals surface area contributed by atoms with E-state index >= 15 is 0 Å². The molecule has 0 bridgehead atoms. The number of hydrogen-bond acceptors (Lipinski definition) is 5. The number of rotatable bonds is 9. The van der Waals surface area contributed by atoms with Gasteiger partial charge in [0.1, 0.15) is 5.75 Å². The van der Waals surface area contributed by atoms with Crippen molar-refractivity contribution in [3.8, 4) is 5.75 Å². The maximum atomic E-state index is 11.8. The average molecular weight is 324 g/mol. The van der Waals surface area contributed by atoms with Crippen molar-refractivity contribution in [2.45, 2.75) is 26.6 Å². The van der Waals surface area contributed by atoms with Gasteiger partial charge in [0.2, 0.25) is 0 Å². The predicted molar refractivity (Wildman–Crippen MR) is 86.3 cm³/mol. The molecular weight excluding hydrogens is 300 g/mol. The Morgan fingerprint density at radius 1 is 1.13 bits per heavy atom. The first-order valence-electron chi connectivity index (χ1n) is 7.57. The molecule has 1 aromatic carbocycles. The van der Waals surface area contributed by atoms with Gasteiger partial charge in [-0.1, -0.05) is 6.07 Å². The Morgan fingerprint density at radius 3 is 2.43 bits per heavy atom. The fraction of sp³-hybridized carbons (Fsp3) is 0.500. The molecule has 0 saturated heterocycles. The van der Waals surface area contributed by atoms with E-state index in [0.717, 1.165) is 0 Å². The fourth-order valence-corrected chi connectivity index (χ4v) is 1.86. The van der Waals surface area contributed by atoms with Gasteiger partial charge in [-0.2, -0.15) is 0 Å². The Bertz CT molecular complexity index is 501. The molecular formula is C16H24N2O5. The van der Waals surface area contributed by atoms with Crippen molar-refractivity contribution >= 4 is 17.5 Å². The molecule has 0 radical (unpaired) electrons. The zero-order valence-electron chi connectivity index (χ0n) is 13.8. The summed E-state index contributed by atoms with van der Waals surface area (Å²) in [7, 11) is 1.53. The van der Waals surface area contributed by atoms with Crippen LogP contribution in [0.25, 0.3) is 0 Å². The van der Waals surface area contributed by atoms with Crippen LogP contribution in [-0.2, 0) is 19.1 Å². The molecule has 0 aromatic heterocycles. The van der Waals surface area contributed by atoms with E-state index in [4.69, 9.17) is 14.2 Å². The van der Waals surface area contributed by atoms with E-state index in [-0.39, 0.29) is 12.8 Å². The van der Waals surface area contributed by atoms with Crippen molar-refractivity contribution in [1.29, 1.82) is 0 Å². The van der Waals surface area contributed by atoms with Crippen LogP contribution in [0, 0.1) is 0 Å². The van der Waals surface area contributed by atoms with Crippen LogP contribution in [0.15, 0.2) is 24.3 Å². The van der Waals surface area contributed by atoms with Gasteiger partial charge in [0, 0.05) is 37.9 Å². The maximum absolute atomic E-state index is 11.8. The molecule has 7 nitrogen and oxygen atoms in total. The first-order valence-corrected chi connectivity index (χ1v) is 7.57. The third-order valence-electron chi connectivity index (χ3n) is 2.90. The topological polar surface area (TPSA) is 85.9 Å². The Hall–Kier alpha value is -2.12. The van der Waals surface area contributed by atoms with Crippen LogP contribution in [0.5, 0.6) is 5.75 Å². The summed E-state index contributed by atoms with van der Waals surface area (Å²) in [4.78, 5) is 23.6. The molecule has 0 unspecified atom stereocenters. The molecule has 0 heterocycles. The molecule has 0 aliphatic rings. The molecule has 0 atom stereocenters. The molecule has 2 N–H and O–H groups in total. The summed E-state index contributed by atoms with van der Waals surface area (Å²) in [5.74, 6) is -0.846. The highest BCUT2D eigenvalue weighted by molar-refractivity contribution is 6.39. The zero-order valence-corrected chi connectivity index (χ0v) is 13.8.